The molecule has 0 radical (unpaired) electrons. The van der Waals surface area contributed by atoms with Gasteiger partial charge in [-0.2, -0.15) is 0 Å². The van der Waals surface area contributed by atoms with Gasteiger partial charge in [0.2, 0.25) is 0 Å². The smallest absolute Gasteiger partial charge is 0.165 e. The molecule has 32 heavy (non-hydrogen) atoms. The molecule has 1 aliphatic rings. The van der Waals surface area contributed by atoms with Crippen LogP contribution in [0.1, 0.15) is 39.5 Å². The highest BCUT2D eigenvalue weighted by atomic mass is 16.4. The van der Waals surface area contributed by atoms with Crippen molar-refractivity contribution in [1.82, 2.24) is 15.3 Å². The lowest BCUT2D eigenvalue weighted by Gasteiger charge is -2.38. The van der Waals surface area contributed by atoms with Crippen molar-refractivity contribution in [2.24, 2.45) is 0 Å². The van der Waals surface area contributed by atoms with Crippen LogP contribution >= 0.6 is 0 Å². The summed E-state index contributed by atoms with van der Waals surface area (Å²) in [5.74, 6) is 1.51. The Balaban J connectivity index is 1.56. The molecule has 0 amide bonds. The van der Waals surface area contributed by atoms with Crippen molar-refractivity contribution >= 4 is 16.7 Å². The van der Waals surface area contributed by atoms with E-state index < -0.39 is 11.8 Å². The van der Waals surface area contributed by atoms with Crippen LogP contribution in [0.5, 0.6) is 5.75 Å². The number of nitrogens with zero attached hydrogens (tertiary/aromatic N) is 3. The maximum atomic E-state index is 10.6. The summed E-state index contributed by atoms with van der Waals surface area (Å²) in [5, 5.41) is 35.6. The molecule has 1 aromatic heterocycles. The lowest BCUT2D eigenvalue weighted by molar-refractivity contribution is -0.0999. The van der Waals surface area contributed by atoms with E-state index in [9.17, 15) is 15.3 Å². The van der Waals surface area contributed by atoms with Gasteiger partial charge < -0.3 is 20.2 Å². The molecule has 0 bridgehead atoms. The zero-order valence-corrected chi connectivity index (χ0v) is 18.7. The van der Waals surface area contributed by atoms with E-state index in [0.717, 1.165) is 42.7 Å². The summed E-state index contributed by atoms with van der Waals surface area (Å²) in [4.78, 5) is 11.8. The van der Waals surface area contributed by atoms with E-state index in [4.69, 9.17) is 9.97 Å². The average Bonchev–Trinajstić information content (AvgIpc) is 2.83. The second-order valence-corrected chi connectivity index (χ2v) is 8.55. The second-order valence-electron chi connectivity index (χ2n) is 8.55. The summed E-state index contributed by atoms with van der Waals surface area (Å²) in [6, 6.07) is 15.2. The van der Waals surface area contributed by atoms with Crippen LogP contribution in [-0.2, 0) is 0 Å². The lowest BCUT2D eigenvalue weighted by Crippen LogP contribution is -2.55. The molecule has 1 unspecified atom stereocenters. The molecule has 1 aliphatic heterocycles. The molecule has 2 aromatic carbocycles. The summed E-state index contributed by atoms with van der Waals surface area (Å²) >= 11 is 0. The Morgan fingerprint density at radius 1 is 1.03 bits per heavy atom. The van der Waals surface area contributed by atoms with E-state index in [1.54, 1.807) is 12.1 Å². The van der Waals surface area contributed by atoms with Gasteiger partial charge >= 0.3 is 0 Å². The molecule has 0 spiro atoms. The number of nitrogens with one attached hydrogen (secondary N) is 1. The van der Waals surface area contributed by atoms with Crippen LogP contribution in [-0.4, -0.2) is 56.2 Å². The summed E-state index contributed by atoms with van der Waals surface area (Å²) in [7, 11) is 0. The van der Waals surface area contributed by atoms with Crippen LogP contribution in [0.4, 0.5) is 5.82 Å². The van der Waals surface area contributed by atoms with Gasteiger partial charge in [0.15, 0.2) is 5.82 Å². The van der Waals surface area contributed by atoms with Gasteiger partial charge in [-0.3, -0.25) is 5.32 Å². The van der Waals surface area contributed by atoms with E-state index in [1.165, 1.54) is 0 Å². The number of phenols is 1. The van der Waals surface area contributed by atoms with Crippen molar-refractivity contribution in [2.45, 2.75) is 57.4 Å². The Kier molecular flexibility index (Phi) is 6.60. The number of aromatic hydroxyl groups is 1. The Morgan fingerprint density at radius 3 is 2.38 bits per heavy atom. The first-order valence-corrected chi connectivity index (χ1v) is 11.4. The number of para-hydroxylation sites is 2. The predicted molar refractivity (Wildman–Crippen MR) is 127 cm³/mol. The van der Waals surface area contributed by atoms with Crippen molar-refractivity contribution in [3.05, 3.63) is 48.5 Å². The van der Waals surface area contributed by atoms with Crippen molar-refractivity contribution < 1.29 is 15.3 Å². The SMILES string of the molecule is CCC(O)(CC)C(O)NC1CCN(c2nc(-c3ccccc3O)nc3ccccc23)CC1. The molecule has 4 rings (SSSR count). The van der Waals surface area contributed by atoms with Crippen LogP contribution in [0, 0.1) is 0 Å². The molecule has 2 heterocycles. The third-order valence-electron chi connectivity index (χ3n) is 6.65. The predicted octanol–water partition coefficient (Wildman–Crippen LogP) is 3.43. The van der Waals surface area contributed by atoms with Gasteiger partial charge in [-0.1, -0.05) is 38.1 Å². The van der Waals surface area contributed by atoms with Crippen LogP contribution in [0.2, 0.25) is 0 Å². The first-order valence-electron chi connectivity index (χ1n) is 11.4. The number of phenolic OH excluding ortho intramolecular Hbond substituents is 1. The lowest BCUT2D eigenvalue weighted by atomic mass is 9.93. The zero-order valence-electron chi connectivity index (χ0n) is 18.7. The van der Waals surface area contributed by atoms with Crippen molar-refractivity contribution in [1.29, 1.82) is 0 Å². The number of aliphatic hydroxyl groups excluding tert-OH is 1. The number of benzene rings is 2. The summed E-state index contributed by atoms with van der Waals surface area (Å²) in [6.07, 6.45) is 1.70. The van der Waals surface area contributed by atoms with E-state index in [0.29, 0.717) is 24.2 Å². The van der Waals surface area contributed by atoms with Gasteiger partial charge in [-0.15, -0.1) is 0 Å². The monoisotopic (exact) mass is 436 g/mol. The van der Waals surface area contributed by atoms with Crippen molar-refractivity contribution in [3.63, 3.8) is 0 Å². The van der Waals surface area contributed by atoms with Crippen molar-refractivity contribution in [3.8, 4) is 17.1 Å². The standard InChI is InChI=1S/C25H32N4O3/c1-3-25(32,4-2)24(31)26-17-13-15-29(16-14-17)23-18-9-5-7-11-20(18)27-22(28-23)19-10-6-8-12-21(19)30/h5-12,17,24,26,30-32H,3-4,13-16H2,1-2H3. The first kappa shape index (κ1) is 22.5. The number of hydrogen-bond acceptors (Lipinski definition) is 7. The topological polar surface area (TPSA) is 102 Å². The minimum atomic E-state index is -1.10. The molecule has 0 aliphatic carbocycles. The van der Waals surface area contributed by atoms with Gasteiger partial charge in [0.1, 0.15) is 23.4 Å². The quantitative estimate of drug-likeness (QED) is 0.421. The number of rotatable bonds is 7. The highest BCUT2D eigenvalue weighted by Gasteiger charge is 2.34. The number of anilines is 1. The first-order chi connectivity index (χ1) is 15.4. The summed E-state index contributed by atoms with van der Waals surface area (Å²) < 4.78 is 0. The van der Waals surface area contributed by atoms with Crippen molar-refractivity contribution in [2.75, 3.05) is 18.0 Å². The van der Waals surface area contributed by atoms with Crippen LogP contribution < -0.4 is 10.2 Å². The van der Waals surface area contributed by atoms with Crippen LogP contribution in [0.3, 0.4) is 0 Å². The molecular formula is C25H32N4O3. The van der Waals surface area contributed by atoms with Gasteiger partial charge in [0.05, 0.1) is 11.1 Å². The number of aromatic nitrogens is 2. The molecular weight excluding hydrogens is 404 g/mol. The highest BCUT2D eigenvalue weighted by Crippen LogP contribution is 2.32. The van der Waals surface area contributed by atoms with E-state index in [-0.39, 0.29) is 11.8 Å². The average molecular weight is 437 g/mol. The van der Waals surface area contributed by atoms with Gasteiger partial charge in [0.25, 0.3) is 0 Å². The van der Waals surface area contributed by atoms with Crippen LogP contribution in [0.15, 0.2) is 48.5 Å². The number of fused-ring (bicyclic) bond motifs is 1. The third kappa shape index (κ3) is 4.41. The fourth-order valence-electron chi connectivity index (χ4n) is 4.36. The Hall–Kier alpha value is -2.74. The minimum Gasteiger partial charge on any atom is -0.507 e. The minimum absolute atomic E-state index is 0.122. The Bertz CT molecular complexity index is 1060. The fraction of sp³-hybridized carbons (Fsp3) is 0.440. The number of hydrogen-bond donors (Lipinski definition) is 4. The van der Waals surface area contributed by atoms with Gasteiger partial charge in [0, 0.05) is 24.5 Å². The normalized spacial score (nSPS) is 16.4. The Labute approximate surface area is 188 Å². The van der Waals surface area contributed by atoms with Gasteiger partial charge in [-0.25, -0.2) is 9.97 Å². The molecule has 1 saturated heterocycles. The summed E-state index contributed by atoms with van der Waals surface area (Å²) in [6.45, 7) is 5.31. The van der Waals surface area contributed by atoms with Gasteiger partial charge in [-0.05, 0) is 49.9 Å². The molecule has 1 fully saturated rings. The summed E-state index contributed by atoms with van der Waals surface area (Å²) in [5.41, 5.74) is 0.340. The number of piperidine rings is 1. The molecule has 170 valence electrons. The Morgan fingerprint density at radius 2 is 1.69 bits per heavy atom. The van der Waals surface area contributed by atoms with E-state index in [2.05, 4.69) is 10.2 Å². The molecule has 7 heteroatoms. The maximum absolute atomic E-state index is 10.6. The molecule has 4 N–H and O–H groups in total. The molecule has 1 atom stereocenters. The zero-order chi connectivity index (χ0) is 22.7. The molecule has 0 saturated carbocycles. The fourth-order valence-corrected chi connectivity index (χ4v) is 4.36. The molecule has 7 nitrogen and oxygen atoms in total. The second kappa shape index (κ2) is 9.40. The highest BCUT2D eigenvalue weighted by molar-refractivity contribution is 5.91. The number of aliphatic hydroxyl groups is 2. The van der Waals surface area contributed by atoms with Crippen LogP contribution in [0.25, 0.3) is 22.3 Å². The maximum Gasteiger partial charge on any atom is 0.165 e. The molecule has 3 aromatic rings. The van der Waals surface area contributed by atoms with E-state index >= 15 is 0 Å². The third-order valence-corrected chi connectivity index (χ3v) is 6.65. The van der Waals surface area contributed by atoms with E-state index in [1.807, 2.05) is 50.2 Å². The largest absolute Gasteiger partial charge is 0.507 e.